The highest BCUT2D eigenvalue weighted by Gasteiger charge is 2.14. The number of aliphatic hydroxyl groups is 1. The molecule has 8 nitrogen and oxygen atoms in total. The van der Waals surface area contributed by atoms with E-state index in [0.717, 1.165) is 10.6 Å². The van der Waals surface area contributed by atoms with Crippen LogP contribution in [0.1, 0.15) is 0 Å². The van der Waals surface area contributed by atoms with E-state index >= 15 is 0 Å². The maximum atomic E-state index is 12.2. The van der Waals surface area contributed by atoms with E-state index in [2.05, 4.69) is 5.32 Å². The molecule has 9 heteroatoms. The summed E-state index contributed by atoms with van der Waals surface area (Å²) >= 11 is 1.55. The number of aliphatic hydroxyl groups excluding tert-OH is 1. The summed E-state index contributed by atoms with van der Waals surface area (Å²) in [5, 5.41) is 23.7. The van der Waals surface area contributed by atoms with Crippen LogP contribution in [0.4, 0.5) is 11.4 Å². The number of rotatable bonds is 10. The van der Waals surface area contributed by atoms with Crippen molar-refractivity contribution in [3.63, 3.8) is 0 Å². The molecule has 1 amide bonds. The van der Waals surface area contributed by atoms with E-state index in [1.54, 1.807) is 29.8 Å². The summed E-state index contributed by atoms with van der Waals surface area (Å²) in [7, 11) is 1.72. The summed E-state index contributed by atoms with van der Waals surface area (Å²) in [6.07, 6.45) is 1.09. The minimum absolute atomic E-state index is 0.0393. The van der Waals surface area contributed by atoms with Gasteiger partial charge in [-0.2, -0.15) is 0 Å². The molecule has 0 radical (unpaired) electrons. The molecule has 28 heavy (non-hydrogen) atoms. The minimum Gasteiger partial charge on any atom is -0.491 e. The number of carbonyl (C=O) groups is 1. The molecule has 0 saturated carbocycles. The highest BCUT2D eigenvalue weighted by atomic mass is 32.2. The van der Waals surface area contributed by atoms with Gasteiger partial charge in [0.25, 0.3) is 5.69 Å². The Labute approximate surface area is 167 Å². The van der Waals surface area contributed by atoms with Gasteiger partial charge in [-0.15, -0.1) is 11.8 Å². The monoisotopic (exact) mass is 405 g/mol. The van der Waals surface area contributed by atoms with E-state index in [-0.39, 0.29) is 31.3 Å². The average Bonchev–Trinajstić information content (AvgIpc) is 2.66. The number of ether oxygens (including phenoxy) is 1. The molecule has 0 aliphatic carbocycles. The van der Waals surface area contributed by atoms with Gasteiger partial charge in [-0.3, -0.25) is 19.8 Å². The molecule has 0 bridgehead atoms. The SMILES string of the molecule is CSc1ccccc1NC(=O)CN(C)CC(O)COc1cccc([N+](=O)[O-])c1. The smallest absolute Gasteiger partial charge is 0.273 e. The first-order valence-electron chi connectivity index (χ1n) is 8.55. The van der Waals surface area contributed by atoms with Gasteiger partial charge in [-0.1, -0.05) is 18.2 Å². The van der Waals surface area contributed by atoms with Gasteiger partial charge in [0.15, 0.2) is 0 Å². The lowest BCUT2D eigenvalue weighted by molar-refractivity contribution is -0.384. The molecule has 2 N–H and O–H groups in total. The summed E-state index contributed by atoms with van der Waals surface area (Å²) < 4.78 is 5.41. The van der Waals surface area contributed by atoms with Crippen molar-refractivity contribution in [1.82, 2.24) is 4.90 Å². The van der Waals surface area contributed by atoms with E-state index in [4.69, 9.17) is 4.74 Å². The first kappa shape index (κ1) is 21.7. The van der Waals surface area contributed by atoms with Crippen LogP contribution in [-0.4, -0.2) is 59.9 Å². The number of para-hydroxylation sites is 1. The second-order valence-electron chi connectivity index (χ2n) is 6.16. The van der Waals surface area contributed by atoms with Crippen LogP contribution >= 0.6 is 11.8 Å². The van der Waals surface area contributed by atoms with Crippen LogP contribution in [0.15, 0.2) is 53.4 Å². The Balaban J connectivity index is 1.78. The second-order valence-corrected chi connectivity index (χ2v) is 7.01. The summed E-state index contributed by atoms with van der Waals surface area (Å²) in [5.41, 5.74) is 0.675. The molecule has 0 spiro atoms. The van der Waals surface area contributed by atoms with Crippen LogP contribution in [0, 0.1) is 10.1 Å². The van der Waals surface area contributed by atoms with E-state index in [0.29, 0.717) is 5.75 Å². The molecular formula is C19H23N3O5S. The highest BCUT2D eigenvalue weighted by molar-refractivity contribution is 7.98. The number of non-ortho nitro benzene ring substituents is 1. The van der Waals surface area contributed by atoms with Crippen LogP contribution in [0.5, 0.6) is 5.75 Å². The van der Waals surface area contributed by atoms with Crippen LogP contribution in [-0.2, 0) is 4.79 Å². The predicted molar refractivity (Wildman–Crippen MR) is 109 cm³/mol. The molecule has 1 atom stereocenters. The Kier molecular flexibility index (Phi) is 8.24. The number of amides is 1. The van der Waals surface area contributed by atoms with Crippen molar-refractivity contribution < 1.29 is 19.6 Å². The number of nitrogens with one attached hydrogen (secondary N) is 1. The molecule has 2 aromatic rings. The third-order valence-corrected chi connectivity index (χ3v) is 4.58. The van der Waals surface area contributed by atoms with Gasteiger partial charge in [0, 0.05) is 17.5 Å². The minimum atomic E-state index is -0.851. The topological polar surface area (TPSA) is 105 Å². The van der Waals surface area contributed by atoms with Crippen molar-refractivity contribution in [2.45, 2.75) is 11.0 Å². The maximum absolute atomic E-state index is 12.2. The third-order valence-electron chi connectivity index (χ3n) is 3.79. The predicted octanol–water partition coefficient (Wildman–Crippen LogP) is 2.63. The zero-order chi connectivity index (χ0) is 20.5. The normalized spacial score (nSPS) is 11.9. The van der Waals surface area contributed by atoms with Crippen molar-refractivity contribution in [3.05, 3.63) is 58.6 Å². The van der Waals surface area contributed by atoms with E-state index in [1.807, 2.05) is 30.5 Å². The Hall–Kier alpha value is -2.62. The number of hydrogen-bond acceptors (Lipinski definition) is 7. The molecule has 0 saturated heterocycles. The van der Waals surface area contributed by atoms with Gasteiger partial charge in [-0.05, 0) is 31.5 Å². The number of hydrogen-bond donors (Lipinski definition) is 2. The first-order chi connectivity index (χ1) is 13.4. The quantitative estimate of drug-likeness (QED) is 0.356. The Morgan fingerprint density at radius 2 is 2.07 bits per heavy atom. The number of carbonyl (C=O) groups excluding carboxylic acids is 1. The molecule has 1 unspecified atom stereocenters. The van der Waals surface area contributed by atoms with Gasteiger partial charge < -0.3 is 15.2 Å². The summed E-state index contributed by atoms with van der Waals surface area (Å²) in [5.74, 6) is 0.123. The number of thioether (sulfide) groups is 1. The van der Waals surface area contributed by atoms with Crippen LogP contribution < -0.4 is 10.1 Å². The van der Waals surface area contributed by atoms with Crippen LogP contribution in [0.25, 0.3) is 0 Å². The maximum Gasteiger partial charge on any atom is 0.273 e. The fraction of sp³-hybridized carbons (Fsp3) is 0.316. The largest absolute Gasteiger partial charge is 0.491 e. The lowest BCUT2D eigenvalue weighted by Crippen LogP contribution is -2.37. The highest BCUT2D eigenvalue weighted by Crippen LogP contribution is 2.24. The van der Waals surface area contributed by atoms with Crippen molar-refractivity contribution in [1.29, 1.82) is 0 Å². The molecule has 2 rings (SSSR count). The molecule has 0 aliphatic heterocycles. The number of likely N-dealkylation sites (N-methyl/N-ethyl adjacent to an activating group) is 1. The van der Waals surface area contributed by atoms with Gasteiger partial charge in [0.05, 0.1) is 23.2 Å². The number of nitro benzene ring substituents is 1. The Bertz CT molecular complexity index is 818. The zero-order valence-corrected chi connectivity index (χ0v) is 16.5. The zero-order valence-electron chi connectivity index (χ0n) is 15.7. The number of nitrogens with zero attached hydrogens (tertiary/aromatic N) is 2. The van der Waals surface area contributed by atoms with Gasteiger partial charge in [-0.25, -0.2) is 0 Å². The lowest BCUT2D eigenvalue weighted by Gasteiger charge is -2.20. The fourth-order valence-electron chi connectivity index (χ4n) is 2.54. The molecule has 0 heterocycles. The molecular weight excluding hydrogens is 382 g/mol. The van der Waals surface area contributed by atoms with Crippen LogP contribution in [0.3, 0.4) is 0 Å². The summed E-state index contributed by atoms with van der Waals surface area (Å²) in [6.45, 7) is 0.283. The Morgan fingerprint density at radius 3 is 2.79 bits per heavy atom. The van der Waals surface area contributed by atoms with Gasteiger partial charge in [0.2, 0.25) is 5.91 Å². The molecule has 150 valence electrons. The van der Waals surface area contributed by atoms with Gasteiger partial charge >= 0.3 is 0 Å². The fourth-order valence-corrected chi connectivity index (χ4v) is 3.09. The first-order valence-corrected chi connectivity index (χ1v) is 9.78. The Morgan fingerprint density at radius 1 is 1.32 bits per heavy atom. The number of benzene rings is 2. The van der Waals surface area contributed by atoms with Crippen molar-refractivity contribution >= 4 is 29.0 Å². The van der Waals surface area contributed by atoms with E-state index in [1.165, 1.54) is 18.2 Å². The van der Waals surface area contributed by atoms with Gasteiger partial charge in [0.1, 0.15) is 18.5 Å². The van der Waals surface area contributed by atoms with E-state index in [9.17, 15) is 20.0 Å². The standard InChI is InChI=1S/C19H23N3O5S/c1-21(12-19(24)20-17-8-3-4-9-18(17)28-2)11-15(23)13-27-16-7-5-6-14(10-16)22(25)26/h3-10,15,23H,11-13H2,1-2H3,(H,20,24). The number of anilines is 1. The molecule has 0 fully saturated rings. The summed E-state index contributed by atoms with van der Waals surface area (Å²) in [4.78, 5) is 25.1. The summed E-state index contributed by atoms with van der Waals surface area (Å²) in [6, 6.07) is 13.3. The van der Waals surface area contributed by atoms with Crippen LogP contribution in [0.2, 0.25) is 0 Å². The lowest BCUT2D eigenvalue weighted by atomic mass is 10.3. The van der Waals surface area contributed by atoms with Crippen molar-refractivity contribution in [2.24, 2.45) is 0 Å². The molecule has 2 aromatic carbocycles. The second kappa shape index (κ2) is 10.6. The average molecular weight is 405 g/mol. The van der Waals surface area contributed by atoms with E-state index < -0.39 is 11.0 Å². The molecule has 0 aliphatic rings. The van der Waals surface area contributed by atoms with Crippen molar-refractivity contribution in [3.8, 4) is 5.75 Å². The molecule has 0 aromatic heterocycles. The van der Waals surface area contributed by atoms with Crippen molar-refractivity contribution in [2.75, 3.05) is 38.3 Å². The third kappa shape index (κ3) is 6.84. The number of nitro groups is 1.